The van der Waals surface area contributed by atoms with Crippen LogP contribution in [0, 0.1) is 5.92 Å². The summed E-state index contributed by atoms with van der Waals surface area (Å²) >= 11 is 0. The van der Waals surface area contributed by atoms with Crippen molar-refractivity contribution in [1.29, 1.82) is 0 Å². The molecule has 2 unspecified atom stereocenters. The second-order valence-electron chi connectivity index (χ2n) is 8.24. The lowest BCUT2D eigenvalue weighted by atomic mass is 9.98. The predicted molar refractivity (Wildman–Crippen MR) is 114 cm³/mol. The van der Waals surface area contributed by atoms with Crippen LogP contribution >= 0.6 is 0 Å². The molecule has 8 nitrogen and oxygen atoms in total. The van der Waals surface area contributed by atoms with Crippen LogP contribution in [0.5, 0.6) is 0 Å². The number of H-pyrrole nitrogens is 1. The molecule has 3 N–H and O–H groups in total. The fourth-order valence-corrected chi connectivity index (χ4v) is 3.92. The summed E-state index contributed by atoms with van der Waals surface area (Å²) in [6.07, 6.45) is 0.510. The SMILES string of the molecule is C=CC(=O)N1CCC(Nc2cnc3[nH]cc(C(=O)NC[C@H](C)CC(F)(F)F)c3n2)CC1C. The lowest BCUT2D eigenvalue weighted by Crippen LogP contribution is -2.47. The monoisotopic (exact) mass is 452 g/mol. The minimum Gasteiger partial charge on any atom is -0.366 e. The number of nitrogens with zero attached hydrogens (tertiary/aromatic N) is 3. The lowest BCUT2D eigenvalue weighted by molar-refractivity contribution is -0.142. The number of alkyl halides is 3. The van der Waals surface area contributed by atoms with Crippen LogP contribution in [0.3, 0.4) is 0 Å². The Morgan fingerprint density at radius 1 is 1.44 bits per heavy atom. The highest BCUT2D eigenvalue weighted by molar-refractivity contribution is 6.04. The van der Waals surface area contributed by atoms with Gasteiger partial charge in [0, 0.05) is 37.8 Å². The molecule has 3 rings (SSSR count). The number of piperidine rings is 1. The maximum absolute atomic E-state index is 12.5. The first kappa shape index (κ1) is 23.6. The van der Waals surface area contributed by atoms with E-state index in [1.165, 1.54) is 19.2 Å². The van der Waals surface area contributed by atoms with E-state index in [0.29, 0.717) is 23.5 Å². The van der Waals surface area contributed by atoms with Gasteiger partial charge < -0.3 is 20.5 Å². The summed E-state index contributed by atoms with van der Waals surface area (Å²) < 4.78 is 37.5. The first-order valence-corrected chi connectivity index (χ1v) is 10.5. The Morgan fingerprint density at radius 3 is 2.84 bits per heavy atom. The summed E-state index contributed by atoms with van der Waals surface area (Å²) in [5, 5.41) is 5.84. The molecular weight excluding hydrogens is 425 g/mol. The van der Waals surface area contributed by atoms with Crippen molar-refractivity contribution in [2.24, 2.45) is 5.92 Å². The van der Waals surface area contributed by atoms with Crippen molar-refractivity contribution >= 4 is 28.8 Å². The molecule has 0 aliphatic carbocycles. The molecule has 0 aromatic carbocycles. The average molecular weight is 452 g/mol. The van der Waals surface area contributed by atoms with Crippen molar-refractivity contribution in [2.45, 2.75) is 51.4 Å². The summed E-state index contributed by atoms with van der Waals surface area (Å²) in [7, 11) is 0. The van der Waals surface area contributed by atoms with E-state index in [4.69, 9.17) is 0 Å². The molecule has 0 bridgehead atoms. The maximum atomic E-state index is 12.5. The second kappa shape index (κ2) is 9.58. The highest BCUT2D eigenvalue weighted by Gasteiger charge is 2.30. The number of carbonyl (C=O) groups excluding carboxylic acids is 2. The predicted octanol–water partition coefficient (Wildman–Crippen LogP) is 3.25. The molecule has 3 heterocycles. The number of fused-ring (bicyclic) bond motifs is 1. The lowest BCUT2D eigenvalue weighted by Gasteiger charge is -2.37. The van der Waals surface area contributed by atoms with Crippen LogP contribution in [0.15, 0.2) is 25.0 Å². The van der Waals surface area contributed by atoms with Gasteiger partial charge in [0.05, 0.1) is 11.8 Å². The third-order valence-corrected chi connectivity index (χ3v) is 5.50. The Labute approximate surface area is 183 Å². The van der Waals surface area contributed by atoms with Gasteiger partial charge >= 0.3 is 6.18 Å². The first-order chi connectivity index (χ1) is 15.1. The molecule has 11 heteroatoms. The molecule has 3 atom stereocenters. The number of nitrogens with one attached hydrogen (secondary N) is 3. The standard InChI is InChI=1S/C21H27F3N6O2/c1-4-17(31)30-6-5-14(7-13(30)3)28-16-11-26-19-18(29-16)15(10-25-19)20(32)27-9-12(2)8-21(22,23)24/h4,10-14H,1,5-9H2,2-3H3,(H,25,26)(H,27,32)(H,28,29)/t12-,13?,14?/m1/s1. The Bertz CT molecular complexity index is 990. The molecule has 174 valence electrons. The van der Waals surface area contributed by atoms with Crippen LogP contribution < -0.4 is 10.6 Å². The van der Waals surface area contributed by atoms with Crippen LogP contribution in [0.4, 0.5) is 19.0 Å². The van der Waals surface area contributed by atoms with E-state index in [1.807, 2.05) is 6.92 Å². The van der Waals surface area contributed by atoms with E-state index in [0.717, 1.165) is 12.8 Å². The number of aromatic nitrogens is 3. The molecule has 0 radical (unpaired) electrons. The van der Waals surface area contributed by atoms with Crippen molar-refractivity contribution in [3.8, 4) is 0 Å². The zero-order chi connectivity index (χ0) is 23.5. The van der Waals surface area contributed by atoms with E-state index < -0.39 is 24.4 Å². The Kier molecular flexibility index (Phi) is 7.05. The summed E-state index contributed by atoms with van der Waals surface area (Å²) in [5.74, 6) is -0.864. The van der Waals surface area contributed by atoms with Crippen molar-refractivity contribution in [3.05, 3.63) is 30.6 Å². The number of amides is 2. The molecule has 1 aliphatic rings. The zero-order valence-corrected chi connectivity index (χ0v) is 18.0. The molecule has 2 aromatic heterocycles. The largest absolute Gasteiger partial charge is 0.389 e. The zero-order valence-electron chi connectivity index (χ0n) is 18.0. The topological polar surface area (TPSA) is 103 Å². The minimum atomic E-state index is -4.27. The average Bonchev–Trinajstić information content (AvgIpc) is 3.13. The third kappa shape index (κ3) is 5.77. The third-order valence-electron chi connectivity index (χ3n) is 5.50. The van der Waals surface area contributed by atoms with Crippen LogP contribution in [-0.4, -0.2) is 63.0 Å². The fraction of sp³-hybridized carbons (Fsp3) is 0.524. The smallest absolute Gasteiger partial charge is 0.366 e. The number of anilines is 1. The van der Waals surface area contributed by atoms with Gasteiger partial charge in [0.2, 0.25) is 5.91 Å². The first-order valence-electron chi connectivity index (χ1n) is 10.5. The summed E-state index contributed by atoms with van der Waals surface area (Å²) in [6, 6.07) is 0.112. The summed E-state index contributed by atoms with van der Waals surface area (Å²) in [6.45, 7) is 7.42. The molecule has 1 aliphatic heterocycles. The van der Waals surface area contributed by atoms with Gasteiger partial charge in [-0.2, -0.15) is 13.2 Å². The maximum Gasteiger partial charge on any atom is 0.389 e. The number of aromatic amines is 1. The van der Waals surface area contributed by atoms with Crippen molar-refractivity contribution in [2.75, 3.05) is 18.4 Å². The Balaban J connectivity index is 1.65. The number of halogens is 3. The molecule has 1 fully saturated rings. The number of hydrogen-bond acceptors (Lipinski definition) is 5. The molecular formula is C21H27F3N6O2. The van der Waals surface area contributed by atoms with Crippen molar-refractivity contribution in [1.82, 2.24) is 25.2 Å². The van der Waals surface area contributed by atoms with E-state index in [-0.39, 0.29) is 30.1 Å². The quantitative estimate of drug-likeness (QED) is 0.560. The molecule has 2 aromatic rings. The second-order valence-corrected chi connectivity index (χ2v) is 8.24. The van der Waals surface area contributed by atoms with Crippen molar-refractivity contribution in [3.63, 3.8) is 0 Å². The normalized spacial score (nSPS) is 20.1. The van der Waals surface area contributed by atoms with Gasteiger partial charge in [-0.05, 0) is 31.8 Å². The van der Waals surface area contributed by atoms with Crippen LogP contribution in [0.25, 0.3) is 11.2 Å². The summed E-state index contributed by atoms with van der Waals surface area (Å²) in [4.78, 5) is 37.8. The molecule has 1 saturated heterocycles. The molecule has 0 spiro atoms. The highest BCUT2D eigenvalue weighted by atomic mass is 19.4. The van der Waals surface area contributed by atoms with E-state index >= 15 is 0 Å². The van der Waals surface area contributed by atoms with Gasteiger partial charge in [-0.1, -0.05) is 13.5 Å². The van der Waals surface area contributed by atoms with Crippen LogP contribution in [0.1, 0.15) is 43.5 Å². The van der Waals surface area contributed by atoms with E-state index in [9.17, 15) is 22.8 Å². The fourth-order valence-electron chi connectivity index (χ4n) is 3.92. The van der Waals surface area contributed by atoms with Crippen LogP contribution in [0.2, 0.25) is 0 Å². The van der Waals surface area contributed by atoms with Gasteiger partial charge in [0.15, 0.2) is 5.65 Å². The molecule has 2 amide bonds. The molecule has 0 saturated carbocycles. The Morgan fingerprint density at radius 2 is 2.19 bits per heavy atom. The van der Waals surface area contributed by atoms with Gasteiger partial charge in [-0.15, -0.1) is 0 Å². The van der Waals surface area contributed by atoms with Crippen LogP contribution in [-0.2, 0) is 4.79 Å². The van der Waals surface area contributed by atoms with Gasteiger partial charge in [-0.25, -0.2) is 9.97 Å². The summed E-state index contributed by atoms with van der Waals surface area (Å²) in [5.41, 5.74) is 0.960. The highest BCUT2D eigenvalue weighted by Crippen LogP contribution is 2.25. The number of carbonyl (C=O) groups is 2. The number of hydrogen-bond donors (Lipinski definition) is 3. The van der Waals surface area contributed by atoms with E-state index in [2.05, 4.69) is 32.2 Å². The van der Waals surface area contributed by atoms with Gasteiger partial charge in [0.1, 0.15) is 11.3 Å². The van der Waals surface area contributed by atoms with Gasteiger partial charge in [-0.3, -0.25) is 9.59 Å². The number of likely N-dealkylation sites (tertiary alicyclic amines) is 1. The minimum absolute atomic E-state index is 0.0377. The number of rotatable bonds is 7. The van der Waals surface area contributed by atoms with E-state index in [1.54, 1.807) is 11.1 Å². The van der Waals surface area contributed by atoms with Crippen molar-refractivity contribution < 1.29 is 22.8 Å². The molecule has 32 heavy (non-hydrogen) atoms. The Hall–Kier alpha value is -3.11. The van der Waals surface area contributed by atoms with Gasteiger partial charge in [0.25, 0.3) is 5.91 Å².